The van der Waals surface area contributed by atoms with Gasteiger partial charge in [-0.05, 0) is 40.6 Å². The molecular weight excluding hydrogens is 500 g/mol. The number of halogens is 2. The smallest absolute Gasteiger partial charge is 0.160 e. The van der Waals surface area contributed by atoms with Crippen molar-refractivity contribution in [2.24, 2.45) is 0 Å². The summed E-state index contributed by atoms with van der Waals surface area (Å²) in [4.78, 5) is 10.1. The molecule has 142 valence electrons. The largest absolute Gasteiger partial charge is 0.227 e. The van der Waals surface area contributed by atoms with Gasteiger partial charge < -0.3 is 0 Å². The van der Waals surface area contributed by atoms with Gasteiger partial charge in [-0.15, -0.1) is 0 Å². The van der Waals surface area contributed by atoms with E-state index in [9.17, 15) is 0 Å². The summed E-state index contributed by atoms with van der Waals surface area (Å²) in [5, 5.41) is 2.49. The van der Waals surface area contributed by atoms with Crippen molar-refractivity contribution in [2.45, 2.75) is 0 Å². The molecule has 0 unspecified atom stereocenters. The number of benzene rings is 4. The third-order valence-corrected chi connectivity index (χ3v) is 6.56. The van der Waals surface area contributed by atoms with Crippen molar-refractivity contribution in [2.75, 3.05) is 0 Å². The molecule has 4 aromatic carbocycles. The third-order valence-electron chi connectivity index (χ3n) is 5.54. The SMILES string of the molecule is Brc1ccc(-c2nc(-c3cccc(Br)c3)c3c(n2)-c2cccc4cccc-3c24)cc1. The van der Waals surface area contributed by atoms with Crippen LogP contribution >= 0.6 is 31.9 Å². The van der Waals surface area contributed by atoms with Crippen LogP contribution in [0.4, 0.5) is 0 Å². The molecule has 0 bridgehead atoms. The molecule has 1 aromatic heterocycles. The fourth-order valence-electron chi connectivity index (χ4n) is 4.23. The zero-order valence-corrected chi connectivity index (χ0v) is 18.9. The summed E-state index contributed by atoms with van der Waals surface area (Å²) < 4.78 is 2.07. The number of fused-ring (bicyclic) bond motifs is 3. The molecule has 5 aromatic rings. The Morgan fingerprint density at radius 1 is 0.567 bits per heavy atom. The second kappa shape index (κ2) is 6.86. The van der Waals surface area contributed by atoms with E-state index < -0.39 is 0 Å². The highest BCUT2D eigenvalue weighted by molar-refractivity contribution is 9.10. The summed E-state index contributed by atoms with van der Waals surface area (Å²) in [6, 6.07) is 29.4. The van der Waals surface area contributed by atoms with E-state index in [1.807, 2.05) is 18.2 Å². The molecule has 0 saturated carbocycles. The Balaban J connectivity index is 1.72. The lowest BCUT2D eigenvalue weighted by atomic mass is 9.99. The zero-order chi connectivity index (χ0) is 20.2. The highest BCUT2D eigenvalue weighted by atomic mass is 79.9. The van der Waals surface area contributed by atoms with Crippen molar-refractivity contribution >= 4 is 42.6 Å². The molecular formula is C26H14Br2N2. The van der Waals surface area contributed by atoms with Gasteiger partial charge in [-0.2, -0.15) is 0 Å². The third kappa shape index (κ3) is 2.75. The fourth-order valence-corrected chi connectivity index (χ4v) is 4.89. The van der Waals surface area contributed by atoms with Gasteiger partial charge in [0.25, 0.3) is 0 Å². The van der Waals surface area contributed by atoms with Crippen molar-refractivity contribution in [3.05, 3.63) is 93.9 Å². The molecule has 1 aliphatic rings. The van der Waals surface area contributed by atoms with Crippen molar-refractivity contribution in [3.63, 3.8) is 0 Å². The first-order chi connectivity index (χ1) is 14.7. The highest BCUT2D eigenvalue weighted by Gasteiger charge is 2.27. The van der Waals surface area contributed by atoms with Crippen molar-refractivity contribution in [1.29, 1.82) is 0 Å². The Hall–Kier alpha value is -2.82. The molecule has 0 atom stereocenters. The Morgan fingerprint density at radius 2 is 1.27 bits per heavy atom. The number of rotatable bonds is 2. The average Bonchev–Trinajstić information content (AvgIpc) is 3.10. The van der Waals surface area contributed by atoms with E-state index in [1.54, 1.807) is 0 Å². The van der Waals surface area contributed by atoms with Crippen LogP contribution in [-0.2, 0) is 0 Å². The summed E-state index contributed by atoms with van der Waals surface area (Å²) in [6.45, 7) is 0. The van der Waals surface area contributed by atoms with Crippen LogP contribution < -0.4 is 0 Å². The molecule has 4 heteroatoms. The van der Waals surface area contributed by atoms with Crippen LogP contribution in [0.25, 0.3) is 55.8 Å². The number of hydrogen-bond acceptors (Lipinski definition) is 2. The molecule has 0 fully saturated rings. The van der Waals surface area contributed by atoms with Gasteiger partial charge in [0.2, 0.25) is 0 Å². The van der Waals surface area contributed by atoms with Crippen molar-refractivity contribution in [1.82, 2.24) is 9.97 Å². The first kappa shape index (κ1) is 18.0. The van der Waals surface area contributed by atoms with Gasteiger partial charge in [-0.3, -0.25) is 0 Å². The molecule has 2 nitrogen and oxygen atoms in total. The predicted octanol–water partition coefficient (Wildman–Crippen LogP) is 8.14. The summed E-state index contributed by atoms with van der Waals surface area (Å²) in [6.07, 6.45) is 0. The summed E-state index contributed by atoms with van der Waals surface area (Å²) in [5.74, 6) is 0.737. The van der Waals surface area contributed by atoms with E-state index in [2.05, 4.69) is 98.6 Å². The summed E-state index contributed by atoms with van der Waals surface area (Å²) in [7, 11) is 0. The van der Waals surface area contributed by atoms with E-state index >= 15 is 0 Å². The summed E-state index contributed by atoms with van der Waals surface area (Å²) in [5.41, 5.74) is 7.53. The molecule has 0 amide bonds. The van der Waals surface area contributed by atoms with Gasteiger partial charge in [0.1, 0.15) is 0 Å². The Labute approximate surface area is 190 Å². The molecule has 30 heavy (non-hydrogen) atoms. The minimum atomic E-state index is 0.737. The molecule has 0 spiro atoms. The Bertz CT molecular complexity index is 1450. The van der Waals surface area contributed by atoms with Gasteiger partial charge in [-0.1, -0.05) is 92.5 Å². The lowest BCUT2D eigenvalue weighted by Gasteiger charge is -2.12. The minimum absolute atomic E-state index is 0.737. The maximum Gasteiger partial charge on any atom is 0.160 e. The summed E-state index contributed by atoms with van der Waals surface area (Å²) >= 11 is 7.14. The van der Waals surface area contributed by atoms with E-state index in [0.29, 0.717) is 0 Å². The lowest BCUT2D eigenvalue weighted by molar-refractivity contribution is 1.19. The standard InChI is InChI=1S/C26H14Br2N2/c27-18-12-10-16(11-13-18)26-29-24(17-6-1-7-19(28)14-17)23-20-8-2-4-15-5-3-9-21(22(15)20)25(23)30-26/h1-14H. The minimum Gasteiger partial charge on any atom is -0.227 e. The molecule has 0 aliphatic heterocycles. The van der Waals surface area contributed by atoms with Crippen LogP contribution in [-0.4, -0.2) is 9.97 Å². The van der Waals surface area contributed by atoms with Gasteiger partial charge in [0.05, 0.1) is 11.4 Å². The topological polar surface area (TPSA) is 25.8 Å². The predicted molar refractivity (Wildman–Crippen MR) is 130 cm³/mol. The van der Waals surface area contributed by atoms with E-state index in [0.717, 1.165) is 42.8 Å². The Kier molecular flexibility index (Phi) is 4.12. The van der Waals surface area contributed by atoms with Crippen LogP contribution in [0.5, 0.6) is 0 Å². The van der Waals surface area contributed by atoms with Crippen molar-refractivity contribution in [3.8, 4) is 45.0 Å². The normalized spacial score (nSPS) is 11.7. The molecule has 0 N–H and O–H groups in total. The average molecular weight is 514 g/mol. The van der Waals surface area contributed by atoms with Crippen LogP contribution in [0.3, 0.4) is 0 Å². The van der Waals surface area contributed by atoms with Crippen LogP contribution in [0, 0.1) is 0 Å². The second-order valence-corrected chi connectivity index (χ2v) is 9.18. The number of aromatic nitrogens is 2. The molecule has 6 rings (SSSR count). The maximum atomic E-state index is 5.08. The molecule has 0 radical (unpaired) electrons. The quantitative estimate of drug-likeness (QED) is 0.233. The van der Waals surface area contributed by atoms with Crippen LogP contribution in [0.15, 0.2) is 93.9 Å². The van der Waals surface area contributed by atoms with Crippen LogP contribution in [0.1, 0.15) is 0 Å². The van der Waals surface area contributed by atoms with E-state index in [4.69, 9.17) is 9.97 Å². The molecule has 1 aliphatic carbocycles. The van der Waals surface area contributed by atoms with Crippen LogP contribution in [0.2, 0.25) is 0 Å². The molecule has 0 saturated heterocycles. The van der Waals surface area contributed by atoms with Gasteiger partial charge in [0.15, 0.2) is 5.82 Å². The Morgan fingerprint density at radius 3 is 2.03 bits per heavy atom. The van der Waals surface area contributed by atoms with E-state index in [1.165, 1.54) is 21.9 Å². The zero-order valence-electron chi connectivity index (χ0n) is 15.7. The second-order valence-electron chi connectivity index (χ2n) is 7.35. The highest BCUT2D eigenvalue weighted by Crippen LogP contribution is 2.50. The maximum absolute atomic E-state index is 5.08. The van der Waals surface area contributed by atoms with Gasteiger partial charge in [0, 0.05) is 31.2 Å². The van der Waals surface area contributed by atoms with Gasteiger partial charge in [-0.25, -0.2) is 9.97 Å². The monoisotopic (exact) mass is 512 g/mol. The van der Waals surface area contributed by atoms with Gasteiger partial charge >= 0.3 is 0 Å². The number of hydrogen-bond donors (Lipinski definition) is 0. The first-order valence-corrected chi connectivity index (χ1v) is 11.2. The van der Waals surface area contributed by atoms with E-state index in [-0.39, 0.29) is 0 Å². The van der Waals surface area contributed by atoms with Crippen molar-refractivity contribution < 1.29 is 0 Å². The number of nitrogens with zero attached hydrogens (tertiary/aromatic N) is 2. The molecule has 1 heterocycles. The lowest BCUT2D eigenvalue weighted by Crippen LogP contribution is -1.97. The first-order valence-electron chi connectivity index (χ1n) is 9.65. The fraction of sp³-hybridized carbons (Fsp3) is 0.